The summed E-state index contributed by atoms with van der Waals surface area (Å²) in [4.78, 5) is 4.37. The number of aliphatic hydroxyl groups is 1. The summed E-state index contributed by atoms with van der Waals surface area (Å²) in [5.74, 6) is -5.92. The number of para-hydroxylation sites is 1. The molecule has 2 aromatic carbocycles. The molecule has 0 spiro atoms. The zero-order chi connectivity index (χ0) is 23.3. The zero-order valence-electron chi connectivity index (χ0n) is 18.4. The average Bonchev–Trinajstić information content (AvgIpc) is 2.85. The molecule has 3 aromatic rings. The third kappa shape index (κ3) is 3.95. The lowest BCUT2D eigenvalue weighted by atomic mass is 9.71. The van der Waals surface area contributed by atoms with E-state index in [0.29, 0.717) is 25.4 Å². The lowest BCUT2D eigenvalue weighted by Crippen LogP contribution is -3.00. The Morgan fingerprint density at radius 1 is 1.12 bits per heavy atom. The largest absolute Gasteiger partial charge is 1.00 e. The van der Waals surface area contributed by atoms with Crippen LogP contribution < -0.4 is 17.0 Å². The molecule has 5 atom stereocenters. The second-order valence-corrected chi connectivity index (χ2v) is 9.36. The first kappa shape index (κ1) is 24.8. The van der Waals surface area contributed by atoms with Crippen molar-refractivity contribution in [2.45, 2.75) is 31.5 Å². The number of rotatable bonds is 5. The number of nitrogens with zero attached hydrogens (tertiary/aromatic N) is 2. The van der Waals surface area contributed by atoms with Crippen LogP contribution >= 0.6 is 0 Å². The Labute approximate surface area is 206 Å². The van der Waals surface area contributed by atoms with Crippen LogP contribution in [0.5, 0.6) is 0 Å². The van der Waals surface area contributed by atoms with Crippen LogP contribution in [0.15, 0.2) is 55.3 Å². The molecule has 34 heavy (non-hydrogen) atoms. The Bertz CT molecular complexity index is 1230. The van der Waals surface area contributed by atoms with Gasteiger partial charge in [-0.3, -0.25) is 4.98 Å². The summed E-state index contributed by atoms with van der Waals surface area (Å²) in [6, 6.07) is 9.74. The molecule has 3 nitrogen and oxygen atoms in total. The Hall–Kier alpha value is -2.29. The summed E-state index contributed by atoms with van der Waals surface area (Å²) in [5.41, 5.74) is 1.27. The van der Waals surface area contributed by atoms with Crippen LogP contribution in [0, 0.1) is 35.1 Å². The Morgan fingerprint density at radius 3 is 2.65 bits per heavy atom. The van der Waals surface area contributed by atoms with E-state index < -0.39 is 29.4 Å². The molecule has 2 bridgehead atoms. The van der Waals surface area contributed by atoms with E-state index in [1.54, 1.807) is 12.3 Å². The summed E-state index contributed by atoms with van der Waals surface area (Å²) < 4.78 is 56.5. The first-order chi connectivity index (χ1) is 15.8. The fraction of sp³-hybridized carbons (Fsp3) is 0.346. The van der Waals surface area contributed by atoms with Crippen molar-refractivity contribution in [3.8, 4) is 0 Å². The van der Waals surface area contributed by atoms with Crippen molar-refractivity contribution >= 4 is 10.9 Å². The molecule has 0 amide bonds. The van der Waals surface area contributed by atoms with Gasteiger partial charge in [0.2, 0.25) is 0 Å². The number of hydrogen-bond donors (Lipinski definition) is 1. The van der Waals surface area contributed by atoms with Crippen molar-refractivity contribution in [2.24, 2.45) is 11.8 Å². The second kappa shape index (κ2) is 9.40. The summed E-state index contributed by atoms with van der Waals surface area (Å²) in [6.45, 7) is 5.10. The maximum atomic E-state index is 14.7. The molecule has 0 radical (unpaired) electrons. The topological polar surface area (TPSA) is 33.1 Å². The van der Waals surface area contributed by atoms with Crippen LogP contribution in [-0.2, 0) is 6.54 Å². The lowest BCUT2D eigenvalue weighted by Gasteiger charge is -2.58. The van der Waals surface area contributed by atoms with Gasteiger partial charge in [-0.1, -0.05) is 24.3 Å². The van der Waals surface area contributed by atoms with Crippen molar-refractivity contribution in [1.29, 1.82) is 0 Å². The van der Waals surface area contributed by atoms with Gasteiger partial charge in [0.25, 0.3) is 0 Å². The lowest BCUT2D eigenvalue weighted by molar-refractivity contribution is -0.985. The smallest absolute Gasteiger partial charge is 0.197 e. The first-order valence-electron chi connectivity index (χ1n) is 11.2. The van der Waals surface area contributed by atoms with E-state index in [-0.39, 0.29) is 45.5 Å². The van der Waals surface area contributed by atoms with Crippen molar-refractivity contribution in [3.63, 3.8) is 0 Å². The van der Waals surface area contributed by atoms with Crippen LogP contribution in [0.1, 0.15) is 30.1 Å². The molecule has 3 aliphatic heterocycles. The van der Waals surface area contributed by atoms with Crippen molar-refractivity contribution in [1.82, 2.24) is 4.98 Å². The molecule has 3 saturated heterocycles. The number of halogens is 5. The van der Waals surface area contributed by atoms with E-state index >= 15 is 0 Å². The molecule has 0 aliphatic carbocycles. The van der Waals surface area contributed by atoms with Crippen LogP contribution in [0.4, 0.5) is 17.6 Å². The molecular formula is C26H25BrF4N2O. The van der Waals surface area contributed by atoms with Crippen LogP contribution in [0.3, 0.4) is 0 Å². The summed E-state index contributed by atoms with van der Waals surface area (Å²) in [5, 5.41) is 12.5. The van der Waals surface area contributed by atoms with Gasteiger partial charge in [-0.15, -0.1) is 6.58 Å². The number of fused-ring (bicyclic) bond motifs is 4. The number of quaternary nitrogens is 1. The molecule has 3 fully saturated rings. The number of aliphatic hydroxyl groups excluding tert-OH is 1. The van der Waals surface area contributed by atoms with Crippen LogP contribution in [0.25, 0.3) is 10.9 Å². The molecule has 4 heterocycles. The maximum absolute atomic E-state index is 14.7. The Morgan fingerprint density at radius 2 is 1.88 bits per heavy atom. The summed E-state index contributed by atoms with van der Waals surface area (Å²) >= 11 is 0. The van der Waals surface area contributed by atoms with Crippen LogP contribution in [-0.4, -0.2) is 33.7 Å². The molecular weight excluding hydrogens is 512 g/mol. The normalized spacial score (nSPS) is 26.8. The van der Waals surface area contributed by atoms with Crippen LogP contribution in [0.2, 0.25) is 0 Å². The molecule has 3 aliphatic rings. The van der Waals surface area contributed by atoms with Gasteiger partial charge in [-0.25, -0.2) is 17.6 Å². The number of piperidine rings is 3. The van der Waals surface area contributed by atoms with E-state index in [2.05, 4.69) is 11.6 Å². The first-order valence-corrected chi connectivity index (χ1v) is 11.2. The quantitative estimate of drug-likeness (QED) is 0.179. The molecule has 0 saturated carbocycles. The fourth-order valence-electron chi connectivity index (χ4n) is 6.04. The van der Waals surface area contributed by atoms with Crippen molar-refractivity contribution in [3.05, 3.63) is 89.6 Å². The molecule has 6 rings (SSSR count). The molecule has 1 aromatic heterocycles. The Kier molecular flexibility index (Phi) is 6.86. The maximum Gasteiger partial charge on any atom is 0.197 e. The van der Waals surface area contributed by atoms with E-state index in [4.69, 9.17) is 0 Å². The van der Waals surface area contributed by atoms with Crippen molar-refractivity contribution in [2.75, 3.05) is 13.1 Å². The van der Waals surface area contributed by atoms with Gasteiger partial charge in [0.1, 0.15) is 18.7 Å². The predicted octanol–water partition coefficient (Wildman–Crippen LogP) is 2.44. The SMILES string of the molecule is C=CC1C[N+]2(Cc3cc(F)c(F)c(F)c3F)CCC1CC2[C@H](O)c1ccnc2ccccc12.[Br-]. The third-order valence-electron chi connectivity index (χ3n) is 7.70. The highest BCUT2D eigenvalue weighted by atomic mass is 79.9. The van der Waals surface area contributed by atoms with E-state index in [9.17, 15) is 22.7 Å². The summed E-state index contributed by atoms with van der Waals surface area (Å²) in [7, 11) is 0. The minimum atomic E-state index is -1.81. The Balaban J connectivity index is 0.00000274. The van der Waals surface area contributed by atoms with E-state index in [0.717, 1.165) is 29.0 Å². The van der Waals surface area contributed by atoms with Gasteiger partial charge >= 0.3 is 0 Å². The van der Waals surface area contributed by atoms with Gasteiger partial charge in [-0.05, 0) is 29.7 Å². The highest BCUT2D eigenvalue weighted by Gasteiger charge is 2.54. The average molecular weight is 537 g/mol. The van der Waals surface area contributed by atoms with E-state index in [1.807, 2.05) is 30.3 Å². The van der Waals surface area contributed by atoms with Crippen molar-refractivity contribution < 1.29 is 44.1 Å². The van der Waals surface area contributed by atoms with Gasteiger partial charge in [0.05, 0.1) is 18.6 Å². The standard InChI is InChI=1S/C26H25F4N2O.BrH/c1-2-15-13-32(14-17-11-20(27)24(29)25(30)23(17)28)10-8-16(15)12-22(32)26(33)19-7-9-31-21-6-4-3-5-18(19)21;/h2-7,9,11,15-16,22,26,33H,1,8,10,12-14H2;1H/q+1;/p-1/t15?,16?,22?,26-,32?;/m1./s1. The summed E-state index contributed by atoms with van der Waals surface area (Å²) in [6.07, 6.45) is 4.15. The molecule has 1 N–H and O–H groups in total. The number of pyridine rings is 1. The third-order valence-corrected chi connectivity index (χ3v) is 7.70. The number of aromatic nitrogens is 1. The second-order valence-electron chi connectivity index (χ2n) is 9.36. The van der Waals surface area contributed by atoms with Gasteiger partial charge in [0.15, 0.2) is 23.3 Å². The van der Waals surface area contributed by atoms with E-state index in [1.165, 1.54) is 0 Å². The monoisotopic (exact) mass is 536 g/mol. The number of benzene rings is 2. The molecule has 8 heteroatoms. The number of hydrogen-bond acceptors (Lipinski definition) is 2. The predicted molar refractivity (Wildman–Crippen MR) is 117 cm³/mol. The molecule has 180 valence electrons. The molecule has 4 unspecified atom stereocenters. The van der Waals surface area contributed by atoms with Gasteiger partial charge < -0.3 is 26.6 Å². The highest BCUT2D eigenvalue weighted by molar-refractivity contribution is 5.82. The fourth-order valence-corrected chi connectivity index (χ4v) is 6.04. The van der Waals surface area contributed by atoms with Gasteiger partial charge in [0, 0.05) is 35.9 Å². The highest BCUT2D eigenvalue weighted by Crippen LogP contribution is 2.48. The minimum absolute atomic E-state index is 0. The van der Waals surface area contributed by atoms with Gasteiger partial charge in [-0.2, -0.15) is 0 Å². The minimum Gasteiger partial charge on any atom is -1.00 e. The zero-order valence-corrected chi connectivity index (χ0v) is 20.0.